The predicted octanol–water partition coefficient (Wildman–Crippen LogP) is 2.77. The highest BCUT2D eigenvalue weighted by atomic mass is 16.2. The van der Waals surface area contributed by atoms with E-state index in [-0.39, 0.29) is 11.9 Å². The van der Waals surface area contributed by atoms with Gasteiger partial charge in [0.1, 0.15) is 12.1 Å². The van der Waals surface area contributed by atoms with E-state index in [1.807, 2.05) is 59.3 Å². The number of hydrogen-bond donors (Lipinski definition) is 1. The lowest BCUT2D eigenvalue weighted by atomic mass is 10.1. The van der Waals surface area contributed by atoms with Gasteiger partial charge in [0.15, 0.2) is 5.65 Å². The Labute approximate surface area is 191 Å². The molecule has 4 aromatic rings. The first kappa shape index (κ1) is 20.8. The van der Waals surface area contributed by atoms with Gasteiger partial charge in [0.05, 0.1) is 5.69 Å². The van der Waals surface area contributed by atoms with Crippen LogP contribution in [-0.2, 0) is 4.79 Å². The number of likely N-dealkylation sites (tertiary alicyclic amines) is 1. The normalized spacial score (nSPS) is 14.4. The maximum Gasteiger partial charge on any atom is 0.234 e. The first-order valence-electron chi connectivity index (χ1n) is 10.9. The summed E-state index contributed by atoms with van der Waals surface area (Å²) >= 11 is 0. The molecule has 168 valence electrons. The van der Waals surface area contributed by atoms with E-state index in [4.69, 9.17) is 9.97 Å². The predicted molar refractivity (Wildman–Crippen MR) is 125 cm³/mol. The van der Waals surface area contributed by atoms with Crippen molar-refractivity contribution in [2.45, 2.75) is 25.8 Å². The minimum atomic E-state index is 0.123. The van der Waals surface area contributed by atoms with Gasteiger partial charge in [-0.1, -0.05) is 30.3 Å². The second-order valence-electron chi connectivity index (χ2n) is 8.06. The monoisotopic (exact) mass is 443 g/mol. The second kappa shape index (κ2) is 8.81. The largest absolute Gasteiger partial charge is 0.351 e. The number of anilines is 3. The van der Waals surface area contributed by atoms with Gasteiger partial charge >= 0.3 is 0 Å². The molecule has 33 heavy (non-hydrogen) atoms. The van der Waals surface area contributed by atoms with Crippen molar-refractivity contribution >= 4 is 29.3 Å². The smallest absolute Gasteiger partial charge is 0.234 e. The molecular weight excluding hydrogens is 418 g/mol. The summed E-state index contributed by atoms with van der Waals surface area (Å²) < 4.78 is 1.69. The molecule has 5 rings (SSSR count). The molecule has 3 aromatic heterocycles. The number of carbonyl (C=O) groups excluding carboxylic acids is 1. The van der Waals surface area contributed by atoms with Crippen LogP contribution in [0.15, 0.2) is 55.0 Å². The molecule has 1 aliphatic heterocycles. The minimum absolute atomic E-state index is 0.123. The number of nitrogens with zero attached hydrogens (tertiary/aromatic N) is 8. The number of hydrogen-bond acceptors (Lipinski definition) is 8. The Hall–Kier alpha value is -4.08. The standard InChI is InChI=1S/C23H25N9O/c1-16(33)31-12-9-18(10-13-31)27-22-24-11-8-20(29-22)30(2)23-28-19(17-6-4-3-5-7-17)14-21-25-15-26-32(21)23/h3-8,11,14-15,18H,9-10,12-13H2,1-2H3,(H,24,27,29). The highest BCUT2D eigenvalue weighted by molar-refractivity contribution is 5.73. The average Bonchev–Trinajstić information content (AvgIpc) is 3.33. The van der Waals surface area contributed by atoms with Crippen LogP contribution in [0.5, 0.6) is 0 Å². The number of piperidine rings is 1. The van der Waals surface area contributed by atoms with Crippen molar-refractivity contribution in [1.82, 2.24) is 34.4 Å². The Balaban J connectivity index is 1.40. The zero-order valence-corrected chi connectivity index (χ0v) is 18.6. The van der Waals surface area contributed by atoms with Crippen LogP contribution in [0.1, 0.15) is 19.8 Å². The molecule has 0 saturated carbocycles. The lowest BCUT2D eigenvalue weighted by Gasteiger charge is -2.31. The third-order valence-electron chi connectivity index (χ3n) is 5.88. The number of rotatable bonds is 5. The molecular formula is C23H25N9O. The van der Waals surface area contributed by atoms with Crippen molar-refractivity contribution in [3.63, 3.8) is 0 Å². The van der Waals surface area contributed by atoms with Gasteiger partial charge in [-0.25, -0.2) is 15.0 Å². The number of nitrogens with one attached hydrogen (secondary N) is 1. The fraction of sp³-hybridized carbons (Fsp3) is 0.304. The molecule has 1 N–H and O–H groups in total. The lowest BCUT2D eigenvalue weighted by Crippen LogP contribution is -2.41. The molecule has 0 bridgehead atoms. The summed E-state index contributed by atoms with van der Waals surface area (Å²) in [5, 5.41) is 7.76. The molecule has 10 heteroatoms. The van der Waals surface area contributed by atoms with Crippen LogP contribution in [0.3, 0.4) is 0 Å². The third-order valence-corrected chi connectivity index (χ3v) is 5.88. The summed E-state index contributed by atoms with van der Waals surface area (Å²) in [6.45, 7) is 3.10. The van der Waals surface area contributed by atoms with Gasteiger partial charge in [-0.2, -0.15) is 14.6 Å². The molecule has 1 saturated heterocycles. The number of amides is 1. The van der Waals surface area contributed by atoms with Crippen LogP contribution < -0.4 is 10.2 Å². The zero-order valence-electron chi connectivity index (χ0n) is 18.6. The van der Waals surface area contributed by atoms with E-state index in [2.05, 4.69) is 20.4 Å². The van der Waals surface area contributed by atoms with Gasteiger partial charge in [0, 0.05) is 50.9 Å². The average molecular weight is 444 g/mol. The van der Waals surface area contributed by atoms with Crippen molar-refractivity contribution in [2.24, 2.45) is 0 Å². The summed E-state index contributed by atoms with van der Waals surface area (Å²) in [5.74, 6) is 1.96. The number of benzene rings is 1. The van der Waals surface area contributed by atoms with Gasteiger partial charge in [-0.15, -0.1) is 0 Å². The van der Waals surface area contributed by atoms with E-state index in [1.54, 1.807) is 17.6 Å². The molecule has 1 amide bonds. The van der Waals surface area contributed by atoms with E-state index in [9.17, 15) is 4.79 Å². The Bertz CT molecular complexity index is 1270. The summed E-state index contributed by atoms with van der Waals surface area (Å²) in [4.78, 5) is 33.6. The maximum absolute atomic E-state index is 11.6. The van der Waals surface area contributed by atoms with Crippen molar-refractivity contribution in [3.05, 3.63) is 55.0 Å². The summed E-state index contributed by atoms with van der Waals surface area (Å²) in [7, 11) is 1.90. The quantitative estimate of drug-likeness (QED) is 0.502. The third kappa shape index (κ3) is 4.32. The van der Waals surface area contributed by atoms with Crippen LogP contribution >= 0.6 is 0 Å². The van der Waals surface area contributed by atoms with E-state index >= 15 is 0 Å². The number of carbonyl (C=O) groups is 1. The van der Waals surface area contributed by atoms with Gasteiger partial charge in [0.25, 0.3) is 0 Å². The van der Waals surface area contributed by atoms with Crippen molar-refractivity contribution in [1.29, 1.82) is 0 Å². The van der Waals surface area contributed by atoms with Gasteiger partial charge in [-0.3, -0.25) is 9.69 Å². The minimum Gasteiger partial charge on any atom is -0.351 e. The van der Waals surface area contributed by atoms with Crippen molar-refractivity contribution in [3.8, 4) is 11.3 Å². The number of fused-ring (bicyclic) bond motifs is 1. The van der Waals surface area contributed by atoms with Crippen LogP contribution in [0.2, 0.25) is 0 Å². The topological polar surface area (TPSA) is 104 Å². The van der Waals surface area contributed by atoms with Gasteiger partial charge < -0.3 is 10.2 Å². The Morgan fingerprint density at radius 2 is 1.88 bits per heavy atom. The van der Waals surface area contributed by atoms with E-state index in [0.29, 0.717) is 23.4 Å². The first-order valence-corrected chi connectivity index (χ1v) is 10.9. The Kier molecular flexibility index (Phi) is 5.55. The van der Waals surface area contributed by atoms with Crippen molar-refractivity contribution in [2.75, 3.05) is 30.4 Å². The molecule has 10 nitrogen and oxygen atoms in total. The number of aromatic nitrogens is 6. The maximum atomic E-state index is 11.6. The molecule has 0 spiro atoms. The molecule has 1 fully saturated rings. The summed E-state index contributed by atoms with van der Waals surface area (Å²) in [5.41, 5.74) is 2.51. The molecule has 1 aromatic carbocycles. The van der Waals surface area contributed by atoms with Gasteiger partial charge in [-0.05, 0) is 18.9 Å². The lowest BCUT2D eigenvalue weighted by molar-refractivity contribution is -0.129. The highest BCUT2D eigenvalue weighted by Crippen LogP contribution is 2.26. The van der Waals surface area contributed by atoms with Crippen molar-refractivity contribution < 1.29 is 4.79 Å². The molecule has 0 atom stereocenters. The van der Waals surface area contributed by atoms with Crippen LogP contribution in [0.4, 0.5) is 17.7 Å². The summed E-state index contributed by atoms with van der Waals surface area (Å²) in [6.07, 6.45) is 4.97. The fourth-order valence-electron chi connectivity index (χ4n) is 4.02. The van der Waals surface area contributed by atoms with E-state index in [1.165, 1.54) is 6.33 Å². The fourth-order valence-corrected chi connectivity index (χ4v) is 4.02. The zero-order chi connectivity index (χ0) is 22.8. The second-order valence-corrected chi connectivity index (χ2v) is 8.06. The molecule has 0 radical (unpaired) electrons. The molecule has 4 heterocycles. The highest BCUT2D eigenvalue weighted by Gasteiger charge is 2.22. The molecule has 1 aliphatic rings. The van der Waals surface area contributed by atoms with Gasteiger partial charge in [0.2, 0.25) is 17.8 Å². The Morgan fingerprint density at radius 3 is 2.64 bits per heavy atom. The van der Waals surface area contributed by atoms with E-state index < -0.39 is 0 Å². The molecule has 0 unspecified atom stereocenters. The van der Waals surface area contributed by atoms with Crippen LogP contribution in [-0.4, -0.2) is 66.5 Å². The Morgan fingerprint density at radius 1 is 1.09 bits per heavy atom. The summed E-state index contributed by atoms with van der Waals surface area (Å²) in [6, 6.07) is 14.0. The van der Waals surface area contributed by atoms with E-state index in [0.717, 1.165) is 37.2 Å². The first-order chi connectivity index (χ1) is 16.1. The van der Waals surface area contributed by atoms with Crippen LogP contribution in [0, 0.1) is 0 Å². The van der Waals surface area contributed by atoms with Crippen LogP contribution in [0.25, 0.3) is 16.9 Å². The SMILES string of the molecule is CC(=O)N1CCC(Nc2nccc(N(C)c3nc(-c4ccccc4)cc4ncnn34)n2)CC1. The molecule has 0 aliphatic carbocycles.